The summed E-state index contributed by atoms with van der Waals surface area (Å²) < 4.78 is 0. The molecule has 1 saturated carbocycles. The van der Waals surface area contributed by atoms with Crippen LogP contribution in [0.1, 0.15) is 48.9 Å². The largest absolute Gasteiger partial charge is 0.353 e. The molecule has 0 spiro atoms. The molecule has 134 valence electrons. The molecule has 0 aliphatic heterocycles. The van der Waals surface area contributed by atoms with Gasteiger partial charge in [-0.1, -0.05) is 44.2 Å². The third-order valence-electron chi connectivity index (χ3n) is 4.53. The molecule has 1 aromatic heterocycles. The van der Waals surface area contributed by atoms with E-state index < -0.39 is 0 Å². The highest BCUT2D eigenvalue weighted by atomic mass is 127. The van der Waals surface area contributed by atoms with Crippen LogP contribution in [0.2, 0.25) is 0 Å². The first kappa shape index (κ1) is 19.7. The second-order valence-corrected chi connectivity index (χ2v) is 6.66. The van der Waals surface area contributed by atoms with E-state index in [1.807, 2.05) is 31.4 Å². The van der Waals surface area contributed by atoms with Crippen molar-refractivity contribution in [3.63, 3.8) is 0 Å². The van der Waals surface area contributed by atoms with Gasteiger partial charge >= 0.3 is 0 Å². The molecule has 2 aromatic rings. The predicted octanol–water partition coefficient (Wildman–Crippen LogP) is 4.04. The van der Waals surface area contributed by atoms with E-state index in [0.29, 0.717) is 24.4 Å². The Balaban J connectivity index is 0.00000225. The number of nitrogens with one attached hydrogen (secondary N) is 2. The lowest BCUT2D eigenvalue weighted by atomic mass is 10.0. The Morgan fingerprint density at radius 3 is 2.56 bits per heavy atom. The molecule has 0 bridgehead atoms. The molecule has 25 heavy (non-hydrogen) atoms. The molecule has 1 aromatic carbocycles. The fourth-order valence-electron chi connectivity index (χ4n) is 2.90. The van der Waals surface area contributed by atoms with Crippen LogP contribution in [0.15, 0.2) is 53.7 Å². The minimum atomic E-state index is 0. The Bertz CT molecular complexity index is 683. The highest BCUT2D eigenvalue weighted by Crippen LogP contribution is 2.41. The zero-order valence-electron chi connectivity index (χ0n) is 15.1. The fraction of sp³-hybridized carbons (Fsp3) is 0.400. The average Bonchev–Trinajstić information content (AvgIpc) is 3.38. The van der Waals surface area contributed by atoms with E-state index in [4.69, 9.17) is 0 Å². The minimum Gasteiger partial charge on any atom is -0.353 e. The van der Waals surface area contributed by atoms with Crippen molar-refractivity contribution in [2.24, 2.45) is 4.99 Å². The summed E-state index contributed by atoms with van der Waals surface area (Å²) in [5.74, 6) is 2.01. The first-order chi connectivity index (χ1) is 11.7. The molecule has 1 aliphatic carbocycles. The van der Waals surface area contributed by atoms with Gasteiger partial charge in [0.05, 0.1) is 12.2 Å². The summed E-state index contributed by atoms with van der Waals surface area (Å²) in [5.41, 5.74) is 3.82. The lowest BCUT2D eigenvalue weighted by Gasteiger charge is -2.12. The van der Waals surface area contributed by atoms with Crippen molar-refractivity contribution < 1.29 is 0 Å². The maximum atomic E-state index is 4.32. The molecule has 1 aliphatic rings. The van der Waals surface area contributed by atoms with E-state index in [2.05, 4.69) is 58.7 Å². The molecule has 2 unspecified atom stereocenters. The van der Waals surface area contributed by atoms with E-state index in [-0.39, 0.29) is 24.0 Å². The third-order valence-corrected chi connectivity index (χ3v) is 4.53. The van der Waals surface area contributed by atoms with Crippen LogP contribution in [0.5, 0.6) is 0 Å². The van der Waals surface area contributed by atoms with Crippen molar-refractivity contribution >= 4 is 29.9 Å². The number of guanidine groups is 1. The molecule has 0 amide bonds. The summed E-state index contributed by atoms with van der Waals surface area (Å²) >= 11 is 0. The van der Waals surface area contributed by atoms with Crippen molar-refractivity contribution in [1.29, 1.82) is 0 Å². The topological polar surface area (TPSA) is 49.3 Å². The van der Waals surface area contributed by atoms with Crippen LogP contribution in [-0.2, 0) is 6.54 Å². The van der Waals surface area contributed by atoms with E-state index >= 15 is 0 Å². The fourth-order valence-corrected chi connectivity index (χ4v) is 2.90. The number of pyridine rings is 1. The molecule has 2 atom stereocenters. The number of nitrogens with zero attached hydrogens (tertiary/aromatic N) is 2. The lowest BCUT2D eigenvalue weighted by Crippen LogP contribution is -2.38. The van der Waals surface area contributed by atoms with Gasteiger partial charge in [-0.05, 0) is 35.6 Å². The molecule has 0 saturated heterocycles. The zero-order chi connectivity index (χ0) is 16.9. The predicted molar refractivity (Wildman–Crippen MR) is 115 cm³/mol. The van der Waals surface area contributed by atoms with Gasteiger partial charge in [0.2, 0.25) is 0 Å². The number of benzene rings is 1. The summed E-state index contributed by atoms with van der Waals surface area (Å²) in [5, 5.41) is 6.84. The number of rotatable bonds is 5. The smallest absolute Gasteiger partial charge is 0.191 e. The van der Waals surface area contributed by atoms with Crippen LogP contribution in [-0.4, -0.2) is 24.0 Å². The van der Waals surface area contributed by atoms with Crippen molar-refractivity contribution in [3.05, 3.63) is 65.5 Å². The summed E-state index contributed by atoms with van der Waals surface area (Å²) in [4.78, 5) is 8.63. The molecular formula is C20H27IN4. The lowest BCUT2D eigenvalue weighted by molar-refractivity contribution is 0.778. The summed E-state index contributed by atoms with van der Waals surface area (Å²) in [6.45, 7) is 5.14. The standard InChI is InChI=1S/C20H26N4.HI/c1-14(2)15-7-9-16(10-8-15)18-12-19(18)24-20(21-3)23-13-17-6-4-5-11-22-17;/h4-11,14,18-19H,12-13H2,1-3H3,(H2,21,23,24);1H. The van der Waals surface area contributed by atoms with Crippen LogP contribution < -0.4 is 10.6 Å². The average molecular weight is 450 g/mol. The molecule has 3 rings (SSSR count). The van der Waals surface area contributed by atoms with Crippen molar-refractivity contribution in [2.75, 3.05) is 7.05 Å². The number of hydrogen-bond donors (Lipinski definition) is 2. The molecule has 2 N–H and O–H groups in total. The minimum absolute atomic E-state index is 0. The summed E-state index contributed by atoms with van der Waals surface area (Å²) in [7, 11) is 1.81. The third kappa shape index (κ3) is 5.42. The molecule has 1 fully saturated rings. The van der Waals surface area contributed by atoms with Gasteiger partial charge in [-0.25, -0.2) is 0 Å². The Labute approximate surface area is 167 Å². The Morgan fingerprint density at radius 1 is 1.20 bits per heavy atom. The maximum absolute atomic E-state index is 4.32. The molecule has 1 heterocycles. The highest BCUT2D eigenvalue weighted by molar-refractivity contribution is 14.0. The van der Waals surface area contributed by atoms with Crippen LogP contribution in [0.3, 0.4) is 0 Å². The number of aromatic nitrogens is 1. The van der Waals surface area contributed by atoms with Gasteiger partial charge < -0.3 is 10.6 Å². The Hall–Kier alpha value is -1.63. The van der Waals surface area contributed by atoms with Gasteiger partial charge in [-0.2, -0.15) is 0 Å². The van der Waals surface area contributed by atoms with E-state index in [1.54, 1.807) is 0 Å². The molecule has 5 heteroatoms. The van der Waals surface area contributed by atoms with Crippen molar-refractivity contribution in [1.82, 2.24) is 15.6 Å². The molecular weight excluding hydrogens is 423 g/mol. The van der Waals surface area contributed by atoms with Gasteiger partial charge in [0, 0.05) is 25.2 Å². The van der Waals surface area contributed by atoms with Crippen molar-refractivity contribution in [3.8, 4) is 0 Å². The Kier molecular flexibility index (Phi) is 7.23. The normalized spacial score (nSPS) is 19.3. The highest BCUT2D eigenvalue weighted by Gasteiger charge is 2.38. The van der Waals surface area contributed by atoms with E-state index in [1.165, 1.54) is 11.1 Å². The zero-order valence-corrected chi connectivity index (χ0v) is 17.4. The van der Waals surface area contributed by atoms with Crippen LogP contribution in [0.4, 0.5) is 0 Å². The van der Waals surface area contributed by atoms with Gasteiger partial charge in [-0.15, -0.1) is 24.0 Å². The maximum Gasteiger partial charge on any atom is 0.191 e. The SMILES string of the molecule is CN=C(NCc1ccccn1)NC1CC1c1ccc(C(C)C)cc1.I. The van der Waals surface area contributed by atoms with Gasteiger partial charge in [0.15, 0.2) is 5.96 Å². The van der Waals surface area contributed by atoms with E-state index in [9.17, 15) is 0 Å². The monoisotopic (exact) mass is 450 g/mol. The summed E-state index contributed by atoms with van der Waals surface area (Å²) in [6.07, 6.45) is 2.97. The second kappa shape index (κ2) is 9.17. The van der Waals surface area contributed by atoms with Crippen LogP contribution in [0, 0.1) is 0 Å². The number of halogens is 1. The second-order valence-electron chi connectivity index (χ2n) is 6.66. The van der Waals surface area contributed by atoms with Crippen LogP contribution >= 0.6 is 24.0 Å². The van der Waals surface area contributed by atoms with Crippen LogP contribution in [0.25, 0.3) is 0 Å². The van der Waals surface area contributed by atoms with Gasteiger partial charge in [0.25, 0.3) is 0 Å². The first-order valence-corrected chi connectivity index (χ1v) is 8.64. The van der Waals surface area contributed by atoms with E-state index in [0.717, 1.165) is 18.1 Å². The molecule has 0 radical (unpaired) electrons. The quantitative estimate of drug-likeness (QED) is 0.411. The number of aliphatic imine (C=N–C) groups is 1. The molecule has 4 nitrogen and oxygen atoms in total. The van der Waals surface area contributed by atoms with Gasteiger partial charge in [0.1, 0.15) is 0 Å². The first-order valence-electron chi connectivity index (χ1n) is 8.64. The van der Waals surface area contributed by atoms with Crippen molar-refractivity contribution in [2.45, 2.75) is 44.7 Å². The summed E-state index contributed by atoms with van der Waals surface area (Å²) in [6, 6.07) is 15.4. The number of hydrogen-bond acceptors (Lipinski definition) is 2. The Morgan fingerprint density at radius 2 is 1.96 bits per heavy atom. The van der Waals surface area contributed by atoms with Gasteiger partial charge in [-0.3, -0.25) is 9.98 Å².